The highest BCUT2D eigenvalue weighted by Gasteiger charge is 2.25. The molecule has 3 rings (SSSR count). The quantitative estimate of drug-likeness (QED) is 0.399. The molecule has 0 aliphatic heterocycles. The van der Waals surface area contributed by atoms with Gasteiger partial charge in [-0.1, -0.05) is 24.0 Å². The molecule has 0 saturated carbocycles. The van der Waals surface area contributed by atoms with Crippen molar-refractivity contribution >= 4 is 16.7 Å². The van der Waals surface area contributed by atoms with Gasteiger partial charge in [0.2, 0.25) is 11.2 Å². The number of nitrogens with zero attached hydrogens (tertiary/aromatic N) is 1. The minimum atomic E-state index is -1.36. The number of ether oxygens (including phenoxy) is 2. The average Bonchev–Trinajstić information content (AvgIpc) is 2.71. The van der Waals surface area contributed by atoms with Crippen LogP contribution in [0.2, 0.25) is 0 Å². The van der Waals surface area contributed by atoms with Crippen LogP contribution in [-0.4, -0.2) is 29.9 Å². The third kappa shape index (κ3) is 3.97. The lowest BCUT2D eigenvalue weighted by molar-refractivity contribution is -0.385. The minimum absolute atomic E-state index is 0.0273. The molecule has 0 atom stereocenters. The molecule has 1 heterocycles. The molecular formula is C22H19NO7. The standard InChI is InChI=1S/C22H19NO7/c1-22(2,25)10-9-15-19(24)14-7-5-6-8-17(14)30-20(15)13-11-16(23(26)27)21(29-4)18(12-13)28-3/h5-8,11-12,25H,1-4H3. The summed E-state index contributed by atoms with van der Waals surface area (Å²) in [6, 6.07) is 9.29. The zero-order valence-corrected chi connectivity index (χ0v) is 16.8. The van der Waals surface area contributed by atoms with Crippen LogP contribution in [0.25, 0.3) is 22.3 Å². The summed E-state index contributed by atoms with van der Waals surface area (Å²) >= 11 is 0. The lowest BCUT2D eigenvalue weighted by Crippen LogP contribution is -2.16. The van der Waals surface area contributed by atoms with Gasteiger partial charge in [-0.05, 0) is 32.0 Å². The van der Waals surface area contributed by atoms with Crippen LogP contribution < -0.4 is 14.9 Å². The maximum absolute atomic E-state index is 13.1. The maximum atomic E-state index is 13.1. The van der Waals surface area contributed by atoms with Gasteiger partial charge in [-0.15, -0.1) is 0 Å². The Morgan fingerprint density at radius 3 is 2.47 bits per heavy atom. The zero-order valence-electron chi connectivity index (χ0n) is 16.8. The van der Waals surface area contributed by atoms with Crippen LogP contribution in [0, 0.1) is 22.0 Å². The van der Waals surface area contributed by atoms with Gasteiger partial charge in [0.05, 0.1) is 24.5 Å². The molecule has 154 valence electrons. The van der Waals surface area contributed by atoms with Crippen LogP contribution >= 0.6 is 0 Å². The summed E-state index contributed by atoms with van der Waals surface area (Å²) in [6.07, 6.45) is 0. The second kappa shape index (κ2) is 7.89. The Morgan fingerprint density at radius 1 is 1.17 bits per heavy atom. The van der Waals surface area contributed by atoms with Crippen molar-refractivity contribution in [3.8, 4) is 34.7 Å². The van der Waals surface area contributed by atoms with Crippen molar-refractivity contribution in [1.82, 2.24) is 0 Å². The molecule has 0 radical (unpaired) electrons. The van der Waals surface area contributed by atoms with Crippen LogP contribution in [-0.2, 0) is 0 Å². The Morgan fingerprint density at radius 2 is 1.87 bits per heavy atom. The Hall–Kier alpha value is -3.83. The number of nitro benzene ring substituents is 1. The Labute approximate surface area is 171 Å². The van der Waals surface area contributed by atoms with Gasteiger partial charge in [0.25, 0.3) is 0 Å². The molecule has 1 N–H and O–H groups in total. The zero-order chi connectivity index (χ0) is 22.1. The van der Waals surface area contributed by atoms with Gasteiger partial charge in [-0.3, -0.25) is 14.9 Å². The first kappa shape index (κ1) is 20.9. The van der Waals surface area contributed by atoms with Crippen molar-refractivity contribution in [3.05, 3.63) is 62.3 Å². The van der Waals surface area contributed by atoms with E-state index >= 15 is 0 Å². The molecule has 0 aliphatic carbocycles. The van der Waals surface area contributed by atoms with Crippen LogP contribution in [0.5, 0.6) is 11.5 Å². The van der Waals surface area contributed by atoms with Gasteiger partial charge < -0.3 is 19.0 Å². The van der Waals surface area contributed by atoms with Crippen LogP contribution in [0.4, 0.5) is 5.69 Å². The topological polar surface area (TPSA) is 112 Å². The van der Waals surface area contributed by atoms with Gasteiger partial charge in [0, 0.05) is 11.6 Å². The fourth-order valence-electron chi connectivity index (χ4n) is 2.89. The molecule has 30 heavy (non-hydrogen) atoms. The van der Waals surface area contributed by atoms with Gasteiger partial charge in [-0.2, -0.15) is 0 Å². The van der Waals surface area contributed by atoms with E-state index in [0.717, 1.165) is 0 Å². The van der Waals surface area contributed by atoms with Crippen LogP contribution in [0.15, 0.2) is 45.6 Å². The first-order valence-electron chi connectivity index (χ1n) is 8.88. The molecule has 0 saturated heterocycles. The lowest BCUT2D eigenvalue weighted by atomic mass is 10.0. The molecule has 0 spiro atoms. The SMILES string of the molecule is COc1cc(-c2oc3ccccc3c(=O)c2C#CC(C)(C)O)cc([N+](=O)[O-])c1OC. The van der Waals surface area contributed by atoms with E-state index in [4.69, 9.17) is 13.9 Å². The summed E-state index contributed by atoms with van der Waals surface area (Å²) in [6.45, 7) is 2.95. The number of hydrogen-bond acceptors (Lipinski definition) is 7. The second-order valence-electron chi connectivity index (χ2n) is 6.93. The smallest absolute Gasteiger partial charge is 0.315 e. The van der Waals surface area contributed by atoms with Crippen molar-refractivity contribution in [2.45, 2.75) is 19.4 Å². The largest absolute Gasteiger partial charge is 0.493 e. The van der Waals surface area contributed by atoms with Crippen molar-refractivity contribution in [1.29, 1.82) is 0 Å². The van der Waals surface area contributed by atoms with E-state index in [1.54, 1.807) is 24.3 Å². The van der Waals surface area contributed by atoms with E-state index in [1.165, 1.54) is 40.2 Å². The number of nitro groups is 1. The highest BCUT2D eigenvalue weighted by molar-refractivity contribution is 5.83. The number of para-hydroxylation sites is 1. The van der Waals surface area contributed by atoms with E-state index in [0.29, 0.717) is 11.0 Å². The normalized spacial score (nSPS) is 11.0. The molecule has 8 nitrogen and oxygen atoms in total. The fraction of sp³-hybridized carbons (Fsp3) is 0.227. The van der Waals surface area contributed by atoms with E-state index in [1.807, 2.05) is 0 Å². The molecule has 8 heteroatoms. The molecule has 0 aliphatic rings. The Bertz CT molecular complexity index is 1260. The summed E-state index contributed by atoms with van der Waals surface area (Å²) in [4.78, 5) is 24.1. The molecule has 1 aromatic heterocycles. The number of hydrogen-bond donors (Lipinski definition) is 1. The van der Waals surface area contributed by atoms with E-state index in [9.17, 15) is 20.0 Å². The summed E-state index contributed by atoms with van der Waals surface area (Å²) in [7, 11) is 2.64. The molecule has 0 bridgehead atoms. The van der Waals surface area contributed by atoms with Crippen molar-refractivity contribution in [3.63, 3.8) is 0 Å². The number of fused-ring (bicyclic) bond motifs is 1. The lowest BCUT2D eigenvalue weighted by Gasteiger charge is -2.12. The first-order chi connectivity index (χ1) is 14.2. The average molecular weight is 409 g/mol. The predicted molar refractivity (Wildman–Crippen MR) is 111 cm³/mol. The highest BCUT2D eigenvalue weighted by atomic mass is 16.6. The monoisotopic (exact) mass is 409 g/mol. The molecule has 0 unspecified atom stereocenters. The second-order valence-corrected chi connectivity index (χ2v) is 6.93. The van der Waals surface area contributed by atoms with Crippen molar-refractivity contribution in [2.75, 3.05) is 14.2 Å². The summed E-state index contributed by atoms with van der Waals surface area (Å²) in [5.41, 5.74) is -1.66. The molecule has 0 fully saturated rings. The van der Waals surface area contributed by atoms with Gasteiger partial charge in [-0.25, -0.2) is 0 Å². The van der Waals surface area contributed by atoms with Gasteiger partial charge >= 0.3 is 5.69 Å². The van der Waals surface area contributed by atoms with Crippen molar-refractivity contribution < 1.29 is 23.9 Å². The Balaban J connectivity index is 2.43. The summed E-state index contributed by atoms with van der Waals surface area (Å²) in [5, 5.41) is 21.9. The van der Waals surface area contributed by atoms with Gasteiger partial charge in [0.1, 0.15) is 16.7 Å². The Kier molecular flexibility index (Phi) is 5.49. The third-order valence-electron chi connectivity index (χ3n) is 4.21. The maximum Gasteiger partial charge on any atom is 0.315 e. The van der Waals surface area contributed by atoms with Crippen LogP contribution in [0.3, 0.4) is 0 Å². The van der Waals surface area contributed by atoms with Crippen LogP contribution in [0.1, 0.15) is 19.4 Å². The predicted octanol–water partition coefficient (Wildman–Crippen LogP) is 3.51. The molecule has 3 aromatic rings. The first-order valence-corrected chi connectivity index (χ1v) is 8.88. The highest BCUT2D eigenvalue weighted by Crippen LogP contribution is 2.41. The molecular weight excluding hydrogens is 390 g/mol. The van der Waals surface area contributed by atoms with E-state index in [2.05, 4.69) is 11.8 Å². The number of rotatable bonds is 4. The van der Waals surface area contributed by atoms with Gasteiger partial charge in [0.15, 0.2) is 11.5 Å². The third-order valence-corrected chi connectivity index (χ3v) is 4.21. The fourth-order valence-corrected chi connectivity index (χ4v) is 2.89. The molecule has 2 aromatic carbocycles. The molecule has 0 amide bonds. The minimum Gasteiger partial charge on any atom is -0.493 e. The number of methoxy groups -OCH3 is 2. The summed E-state index contributed by atoms with van der Waals surface area (Å²) < 4.78 is 16.3. The van der Waals surface area contributed by atoms with Crippen molar-refractivity contribution in [2.24, 2.45) is 0 Å². The summed E-state index contributed by atoms with van der Waals surface area (Å²) in [5.74, 6) is 5.34. The number of benzene rings is 2. The number of aliphatic hydroxyl groups is 1. The van der Waals surface area contributed by atoms with E-state index < -0.39 is 16.0 Å². The van der Waals surface area contributed by atoms with E-state index in [-0.39, 0.29) is 34.1 Å².